The van der Waals surface area contributed by atoms with E-state index in [1.807, 2.05) is 0 Å². The van der Waals surface area contributed by atoms with Gasteiger partial charge < -0.3 is 11.1 Å². The quantitative estimate of drug-likeness (QED) is 0.463. The lowest BCUT2D eigenvalue weighted by molar-refractivity contribution is 0.0667. The Balaban J connectivity index is 1.78. The number of guanidine groups is 1. The second kappa shape index (κ2) is 5.85. The van der Waals surface area contributed by atoms with Crippen LogP contribution in [0.1, 0.15) is 51.4 Å². The molecule has 0 unspecified atom stereocenters. The van der Waals surface area contributed by atoms with E-state index in [1.165, 1.54) is 25.7 Å². The second-order valence-electron chi connectivity index (χ2n) is 5.70. The lowest BCUT2D eigenvalue weighted by atomic mass is 10.1. The minimum absolute atomic E-state index is 0.163. The van der Waals surface area contributed by atoms with E-state index >= 15 is 0 Å². The van der Waals surface area contributed by atoms with E-state index < -0.39 is 11.8 Å². The Morgan fingerprint density at radius 2 is 1.83 bits per heavy atom. The summed E-state index contributed by atoms with van der Waals surface area (Å²) in [5.41, 5.74) is 4.92. The maximum Gasteiger partial charge on any atom is 0.245 e. The zero-order valence-corrected chi connectivity index (χ0v) is 10.8. The molecule has 0 aromatic rings. The SMILES string of the molecule is NC(=NCC1(C(F)F)CC1)NC1CCCCCC1. The van der Waals surface area contributed by atoms with Crippen LogP contribution in [0.5, 0.6) is 0 Å². The van der Waals surface area contributed by atoms with E-state index in [2.05, 4.69) is 10.3 Å². The predicted molar refractivity (Wildman–Crippen MR) is 68.8 cm³/mol. The number of nitrogens with two attached hydrogens (primary N) is 1. The molecule has 0 atom stereocenters. The number of halogens is 2. The van der Waals surface area contributed by atoms with Crippen molar-refractivity contribution < 1.29 is 8.78 Å². The van der Waals surface area contributed by atoms with Gasteiger partial charge in [-0.25, -0.2) is 8.78 Å². The number of hydrogen-bond donors (Lipinski definition) is 2. The molecule has 3 nitrogen and oxygen atoms in total. The van der Waals surface area contributed by atoms with Crippen molar-refractivity contribution in [2.75, 3.05) is 6.54 Å². The van der Waals surface area contributed by atoms with Crippen LogP contribution < -0.4 is 11.1 Å². The van der Waals surface area contributed by atoms with Crippen LogP contribution in [0.3, 0.4) is 0 Å². The normalized spacial score (nSPS) is 24.9. The molecule has 0 radical (unpaired) electrons. The van der Waals surface area contributed by atoms with Gasteiger partial charge in [0.05, 0.1) is 12.0 Å². The maximum atomic E-state index is 12.7. The van der Waals surface area contributed by atoms with Gasteiger partial charge in [-0.05, 0) is 25.7 Å². The molecule has 18 heavy (non-hydrogen) atoms. The average Bonchev–Trinajstić information content (AvgIpc) is 3.12. The van der Waals surface area contributed by atoms with Crippen molar-refractivity contribution in [3.63, 3.8) is 0 Å². The largest absolute Gasteiger partial charge is 0.370 e. The van der Waals surface area contributed by atoms with Crippen molar-refractivity contribution in [1.82, 2.24) is 5.32 Å². The third kappa shape index (κ3) is 3.56. The van der Waals surface area contributed by atoms with Gasteiger partial charge in [0.15, 0.2) is 5.96 Å². The van der Waals surface area contributed by atoms with Gasteiger partial charge in [0.25, 0.3) is 0 Å². The summed E-state index contributed by atoms with van der Waals surface area (Å²) in [4.78, 5) is 4.11. The third-order valence-electron chi connectivity index (χ3n) is 4.13. The maximum absolute atomic E-state index is 12.7. The molecule has 0 heterocycles. The van der Waals surface area contributed by atoms with Crippen molar-refractivity contribution in [3.8, 4) is 0 Å². The van der Waals surface area contributed by atoms with Gasteiger partial charge in [-0.2, -0.15) is 0 Å². The first-order chi connectivity index (χ1) is 8.62. The molecular weight excluding hydrogens is 236 g/mol. The molecule has 0 aliphatic heterocycles. The van der Waals surface area contributed by atoms with Crippen molar-refractivity contribution in [3.05, 3.63) is 0 Å². The molecule has 2 saturated carbocycles. The smallest absolute Gasteiger partial charge is 0.245 e. The van der Waals surface area contributed by atoms with Crippen molar-refractivity contribution in [1.29, 1.82) is 0 Å². The van der Waals surface area contributed by atoms with Gasteiger partial charge in [0.2, 0.25) is 6.43 Å². The van der Waals surface area contributed by atoms with Crippen molar-refractivity contribution in [2.45, 2.75) is 63.8 Å². The van der Waals surface area contributed by atoms with Crippen LogP contribution in [0.4, 0.5) is 8.78 Å². The first-order valence-electron chi connectivity index (χ1n) is 6.97. The fourth-order valence-electron chi connectivity index (χ4n) is 2.53. The molecule has 0 aromatic heterocycles. The van der Waals surface area contributed by atoms with Gasteiger partial charge in [-0.1, -0.05) is 25.7 Å². The van der Waals surface area contributed by atoms with E-state index in [0.717, 1.165) is 12.8 Å². The molecule has 0 spiro atoms. The van der Waals surface area contributed by atoms with Crippen molar-refractivity contribution in [2.24, 2.45) is 16.1 Å². The third-order valence-corrected chi connectivity index (χ3v) is 4.13. The molecular formula is C13H23F2N3. The Morgan fingerprint density at radius 3 is 2.33 bits per heavy atom. The summed E-state index contributed by atoms with van der Waals surface area (Å²) >= 11 is 0. The summed E-state index contributed by atoms with van der Waals surface area (Å²) in [6.07, 6.45) is 6.08. The Hall–Kier alpha value is -0.870. The highest BCUT2D eigenvalue weighted by Gasteiger charge is 2.50. The first-order valence-corrected chi connectivity index (χ1v) is 6.97. The van der Waals surface area contributed by atoms with Crippen LogP contribution in [-0.4, -0.2) is 25.0 Å². The molecule has 2 aliphatic rings. The minimum Gasteiger partial charge on any atom is -0.370 e. The number of nitrogens with zero attached hydrogens (tertiary/aromatic N) is 1. The van der Waals surface area contributed by atoms with Gasteiger partial charge >= 0.3 is 0 Å². The fraction of sp³-hybridized carbons (Fsp3) is 0.923. The molecule has 0 aromatic carbocycles. The summed E-state index contributed by atoms with van der Waals surface area (Å²) in [7, 11) is 0. The number of hydrogen-bond acceptors (Lipinski definition) is 1. The van der Waals surface area contributed by atoms with E-state index in [9.17, 15) is 8.78 Å². The number of aliphatic imine (C=N–C) groups is 1. The Morgan fingerprint density at radius 1 is 1.22 bits per heavy atom. The molecule has 3 N–H and O–H groups in total. The van der Waals surface area contributed by atoms with E-state index in [4.69, 9.17) is 5.73 Å². The van der Waals surface area contributed by atoms with Crippen LogP contribution in [0, 0.1) is 5.41 Å². The lowest BCUT2D eigenvalue weighted by Crippen LogP contribution is -2.40. The zero-order valence-electron chi connectivity index (χ0n) is 10.8. The molecule has 0 amide bonds. The first kappa shape index (κ1) is 13.6. The number of alkyl halides is 2. The average molecular weight is 259 g/mol. The molecule has 5 heteroatoms. The standard InChI is InChI=1S/C13H23F2N3/c14-11(15)13(7-8-13)9-17-12(16)18-10-5-3-1-2-4-6-10/h10-11H,1-9H2,(H3,16,17,18). The topological polar surface area (TPSA) is 50.4 Å². The van der Waals surface area contributed by atoms with Crippen LogP contribution in [0.2, 0.25) is 0 Å². The van der Waals surface area contributed by atoms with Crippen LogP contribution in [0.25, 0.3) is 0 Å². The Labute approximate surface area is 107 Å². The molecule has 0 saturated heterocycles. The zero-order chi connectivity index (χ0) is 13.0. The summed E-state index contributed by atoms with van der Waals surface area (Å²) in [5.74, 6) is 0.342. The highest BCUT2D eigenvalue weighted by molar-refractivity contribution is 5.78. The molecule has 2 fully saturated rings. The van der Waals surface area contributed by atoms with Gasteiger partial charge in [0, 0.05) is 6.04 Å². The van der Waals surface area contributed by atoms with E-state index in [1.54, 1.807) is 0 Å². The second-order valence-corrected chi connectivity index (χ2v) is 5.70. The summed E-state index contributed by atoms with van der Waals surface area (Å²) < 4.78 is 25.4. The van der Waals surface area contributed by atoms with Crippen LogP contribution in [0.15, 0.2) is 4.99 Å². The highest BCUT2D eigenvalue weighted by atomic mass is 19.3. The van der Waals surface area contributed by atoms with Crippen LogP contribution in [-0.2, 0) is 0 Å². The summed E-state index contributed by atoms with van der Waals surface area (Å²) in [6.45, 7) is 0.163. The number of rotatable bonds is 4. The summed E-state index contributed by atoms with van der Waals surface area (Å²) in [6, 6.07) is 0.373. The molecule has 104 valence electrons. The predicted octanol–water partition coefficient (Wildman–Crippen LogP) is 2.66. The number of nitrogens with one attached hydrogen (secondary N) is 1. The highest BCUT2D eigenvalue weighted by Crippen LogP contribution is 2.50. The molecule has 0 bridgehead atoms. The minimum atomic E-state index is -2.27. The van der Waals surface area contributed by atoms with E-state index in [0.29, 0.717) is 24.8 Å². The summed E-state index contributed by atoms with van der Waals surface area (Å²) in [5, 5.41) is 3.18. The van der Waals surface area contributed by atoms with Gasteiger partial charge in [-0.15, -0.1) is 0 Å². The van der Waals surface area contributed by atoms with Crippen LogP contribution >= 0.6 is 0 Å². The Kier molecular flexibility index (Phi) is 4.40. The fourth-order valence-corrected chi connectivity index (χ4v) is 2.53. The Bertz CT molecular complexity index is 293. The van der Waals surface area contributed by atoms with Gasteiger partial charge in [-0.3, -0.25) is 4.99 Å². The monoisotopic (exact) mass is 259 g/mol. The van der Waals surface area contributed by atoms with Gasteiger partial charge in [0.1, 0.15) is 0 Å². The lowest BCUT2D eigenvalue weighted by Gasteiger charge is -2.17. The molecule has 2 rings (SSSR count). The van der Waals surface area contributed by atoms with Crippen molar-refractivity contribution >= 4 is 5.96 Å². The van der Waals surface area contributed by atoms with E-state index in [-0.39, 0.29) is 6.54 Å². The molecule has 2 aliphatic carbocycles.